The number of nitrogens with one attached hydrogen (secondary N) is 3. The van der Waals surface area contributed by atoms with Crippen molar-refractivity contribution in [1.29, 1.82) is 0 Å². The lowest BCUT2D eigenvalue weighted by Gasteiger charge is -2.25. The number of hydrazine groups is 1. The number of thiazole rings is 1. The molecular weight excluding hydrogens is 373 g/mol. The normalized spacial score (nSPS) is 14.3. The van der Waals surface area contributed by atoms with Crippen LogP contribution in [0.3, 0.4) is 0 Å². The fraction of sp³-hybridized carbons (Fsp3) is 0.235. The van der Waals surface area contributed by atoms with Crippen LogP contribution in [0, 0.1) is 5.82 Å². The number of morpholine rings is 1. The van der Waals surface area contributed by atoms with Crippen LogP contribution in [0.15, 0.2) is 29.6 Å². The van der Waals surface area contributed by atoms with Gasteiger partial charge in [-0.1, -0.05) is 6.07 Å². The summed E-state index contributed by atoms with van der Waals surface area (Å²) in [6, 6.07) is 5.92. The van der Waals surface area contributed by atoms with Crippen molar-refractivity contribution >= 4 is 39.2 Å². The predicted molar refractivity (Wildman–Crippen MR) is 98.3 cm³/mol. The van der Waals surface area contributed by atoms with Crippen LogP contribution in [0.4, 0.5) is 9.52 Å². The van der Waals surface area contributed by atoms with E-state index < -0.39 is 17.6 Å². The summed E-state index contributed by atoms with van der Waals surface area (Å²) in [5, 5.41) is 2.68. The average Bonchev–Trinajstić information content (AvgIpc) is 3.35. The van der Waals surface area contributed by atoms with Crippen LogP contribution in [0.1, 0.15) is 21.0 Å². The second-order valence-electron chi connectivity index (χ2n) is 5.91. The SMILES string of the molecule is O=C(NNC(=O)c1cc2c(F)cccc2[nH]1)c1csc(N2CCOCC2)n1. The smallest absolute Gasteiger partial charge is 0.289 e. The van der Waals surface area contributed by atoms with Gasteiger partial charge in [0.15, 0.2) is 5.13 Å². The highest BCUT2D eigenvalue weighted by molar-refractivity contribution is 7.13. The molecule has 27 heavy (non-hydrogen) atoms. The lowest BCUT2D eigenvalue weighted by molar-refractivity contribution is 0.0842. The molecule has 3 aromatic rings. The predicted octanol–water partition coefficient (Wildman–Crippen LogP) is 1.67. The van der Waals surface area contributed by atoms with Crippen LogP contribution in [0.5, 0.6) is 0 Å². The van der Waals surface area contributed by atoms with Gasteiger partial charge in [-0.15, -0.1) is 11.3 Å². The summed E-state index contributed by atoms with van der Waals surface area (Å²) in [6.45, 7) is 2.70. The van der Waals surface area contributed by atoms with E-state index in [1.807, 2.05) is 4.90 Å². The van der Waals surface area contributed by atoms with E-state index in [9.17, 15) is 14.0 Å². The first-order chi connectivity index (χ1) is 13.1. The van der Waals surface area contributed by atoms with Crippen LogP contribution in [-0.4, -0.2) is 48.1 Å². The minimum absolute atomic E-state index is 0.141. The Kier molecular flexibility index (Phi) is 4.73. The fourth-order valence-corrected chi connectivity index (χ4v) is 3.61. The summed E-state index contributed by atoms with van der Waals surface area (Å²) < 4.78 is 19.0. The number of benzene rings is 1. The molecule has 1 fully saturated rings. The third kappa shape index (κ3) is 3.62. The van der Waals surface area contributed by atoms with E-state index in [4.69, 9.17) is 4.74 Å². The van der Waals surface area contributed by atoms with Gasteiger partial charge in [0.2, 0.25) is 0 Å². The lowest BCUT2D eigenvalue weighted by atomic mass is 10.2. The summed E-state index contributed by atoms with van der Waals surface area (Å²) in [6.07, 6.45) is 0. The summed E-state index contributed by atoms with van der Waals surface area (Å²) in [7, 11) is 0. The first kappa shape index (κ1) is 17.4. The molecule has 1 aromatic carbocycles. The minimum Gasteiger partial charge on any atom is -0.378 e. The Balaban J connectivity index is 1.39. The minimum atomic E-state index is -0.581. The maximum atomic E-state index is 13.7. The van der Waals surface area contributed by atoms with E-state index in [1.165, 1.54) is 23.5 Å². The number of carbonyl (C=O) groups excluding carboxylic acids is 2. The number of halogens is 1. The van der Waals surface area contributed by atoms with Gasteiger partial charge in [-0.25, -0.2) is 9.37 Å². The molecule has 0 atom stereocenters. The number of amides is 2. The first-order valence-corrected chi connectivity index (χ1v) is 9.16. The van der Waals surface area contributed by atoms with Gasteiger partial charge in [-0.3, -0.25) is 20.4 Å². The molecule has 140 valence electrons. The van der Waals surface area contributed by atoms with E-state index >= 15 is 0 Å². The van der Waals surface area contributed by atoms with E-state index in [0.29, 0.717) is 24.1 Å². The van der Waals surface area contributed by atoms with Gasteiger partial charge in [0, 0.05) is 29.4 Å². The van der Waals surface area contributed by atoms with Crippen LogP contribution < -0.4 is 15.8 Å². The number of carbonyl (C=O) groups is 2. The molecule has 3 N–H and O–H groups in total. The third-order valence-corrected chi connectivity index (χ3v) is 5.05. The van der Waals surface area contributed by atoms with Crippen molar-refractivity contribution in [1.82, 2.24) is 20.8 Å². The molecule has 0 unspecified atom stereocenters. The second-order valence-corrected chi connectivity index (χ2v) is 6.74. The number of ether oxygens (including phenoxy) is 1. The Morgan fingerprint density at radius 3 is 2.78 bits per heavy atom. The Morgan fingerprint density at radius 2 is 2.00 bits per heavy atom. The van der Waals surface area contributed by atoms with Crippen molar-refractivity contribution in [2.45, 2.75) is 0 Å². The average molecular weight is 389 g/mol. The van der Waals surface area contributed by atoms with Gasteiger partial charge in [0.05, 0.1) is 13.2 Å². The molecule has 3 heterocycles. The van der Waals surface area contributed by atoms with E-state index in [1.54, 1.807) is 17.5 Å². The molecule has 10 heteroatoms. The number of H-pyrrole nitrogens is 1. The zero-order chi connectivity index (χ0) is 18.8. The number of rotatable bonds is 3. The molecule has 2 aromatic heterocycles. The largest absolute Gasteiger partial charge is 0.378 e. The number of hydrogen-bond acceptors (Lipinski definition) is 6. The Labute approximate surface area is 157 Å². The van der Waals surface area contributed by atoms with E-state index in [2.05, 4.69) is 20.8 Å². The third-order valence-electron chi connectivity index (χ3n) is 4.15. The summed E-state index contributed by atoms with van der Waals surface area (Å²) in [4.78, 5) is 33.6. The fourth-order valence-electron chi connectivity index (χ4n) is 2.75. The zero-order valence-electron chi connectivity index (χ0n) is 14.1. The number of aromatic nitrogens is 2. The highest BCUT2D eigenvalue weighted by Crippen LogP contribution is 2.21. The highest BCUT2D eigenvalue weighted by Gasteiger charge is 2.18. The first-order valence-electron chi connectivity index (χ1n) is 8.28. The van der Waals surface area contributed by atoms with E-state index in [-0.39, 0.29) is 11.4 Å². The quantitative estimate of drug-likeness (QED) is 0.592. The number of nitrogens with zero attached hydrogens (tertiary/aromatic N) is 2. The van der Waals surface area contributed by atoms with Gasteiger partial charge in [-0.05, 0) is 18.2 Å². The summed E-state index contributed by atoms with van der Waals surface area (Å²) in [5.74, 6) is -1.53. The molecule has 1 aliphatic heterocycles. The van der Waals surface area contributed by atoms with Crippen LogP contribution in [-0.2, 0) is 4.74 Å². The maximum Gasteiger partial charge on any atom is 0.289 e. The second kappa shape index (κ2) is 7.33. The zero-order valence-corrected chi connectivity index (χ0v) is 14.9. The molecule has 4 rings (SSSR count). The monoisotopic (exact) mass is 389 g/mol. The van der Waals surface area contributed by atoms with Gasteiger partial charge < -0.3 is 14.6 Å². The molecule has 0 spiro atoms. The molecule has 1 saturated heterocycles. The van der Waals surface area contributed by atoms with Crippen molar-refractivity contribution in [3.8, 4) is 0 Å². The van der Waals surface area contributed by atoms with Crippen LogP contribution in [0.25, 0.3) is 10.9 Å². The van der Waals surface area contributed by atoms with Crippen LogP contribution >= 0.6 is 11.3 Å². The van der Waals surface area contributed by atoms with Gasteiger partial charge in [-0.2, -0.15) is 0 Å². The Hall–Kier alpha value is -2.98. The molecular formula is C17H16FN5O3S. The van der Waals surface area contributed by atoms with E-state index in [0.717, 1.165) is 18.2 Å². The molecule has 2 amide bonds. The topological polar surface area (TPSA) is 99.4 Å². The van der Waals surface area contributed by atoms with Gasteiger partial charge >= 0.3 is 0 Å². The summed E-state index contributed by atoms with van der Waals surface area (Å²) in [5.41, 5.74) is 5.48. The summed E-state index contributed by atoms with van der Waals surface area (Å²) >= 11 is 1.36. The maximum absolute atomic E-state index is 13.7. The number of fused-ring (bicyclic) bond motifs is 1. The van der Waals surface area contributed by atoms with Gasteiger partial charge in [0.25, 0.3) is 11.8 Å². The molecule has 0 saturated carbocycles. The van der Waals surface area contributed by atoms with Gasteiger partial charge in [0.1, 0.15) is 17.2 Å². The Bertz CT molecular complexity index is 996. The standard InChI is InChI=1S/C17H16FN5O3S/c18-11-2-1-3-12-10(11)8-13(19-12)15(24)21-22-16(25)14-9-27-17(20-14)23-4-6-26-7-5-23/h1-3,8-9,19H,4-7H2,(H,21,24)(H,22,25). The molecule has 0 bridgehead atoms. The molecule has 0 aliphatic carbocycles. The molecule has 8 nitrogen and oxygen atoms in total. The Morgan fingerprint density at radius 1 is 1.22 bits per heavy atom. The highest BCUT2D eigenvalue weighted by atomic mass is 32.1. The van der Waals surface area contributed by atoms with Crippen molar-refractivity contribution < 1.29 is 18.7 Å². The molecule has 1 aliphatic rings. The number of hydrogen-bond donors (Lipinski definition) is 3. The lowest BCUT2D eigenvalue weighted by Crippen LogP contribution is -2.42. The van der Waals surface area contributed by atoms with Crippen molar-refractivity contribution in [2.75, 3.05) is 31.2 Å². The number of anilines is 1. The van der Waals surface area contributed by atoms with Crippen molar-refractivity contribution in [3.05, 3.63) is 46.9 Å². The van der Waals surface area contributed by atoms with Crippen LogP contribution in [0.2, 0.25) is 0 Å². The number of aromatic amines is 1. The van der Waals surface area contributed by atoms with Crippen molar-refractivity contribution in [3.63, 3.8) is 0 Å². The molecule has 0 radical (unpaired) electrons. The van der Waals surface area contributed by atoms with Crippen molar-refractivity contribution in [2.24, 2.45) is 0 Å².